The average Bonchev–Trinajstić information content (AvgIpc) is 2.89. The van der Waals surface area contributed by atoms with Crippen molar-refractivity contribution in [1.29, 1.82) is 0 Å². The minimum Gasteiger partial charge on any atom is -0.176 e. The van der Waals surface area contributed by atoms with Crippen LogP contribution in [0.4, 0.5) is 0 Å². The van der Waals surface area contributed by atoms with Crippen molar-refractivity contribution in [1.82, 2.24) is 0 Å². The van der Waals surface area contributed by atoms with Crippen molar-refractivity contribution >= 4 is 12.6 Å². The van der Waals surface area contributed by atoms with E-state index in [0.29, 0.717) is 16.1 Å². The summed E-state index contributed by atoms with van der Waals surface area (Å²) in [4.78, 5) is 0. The van der Waals surface area contributed by atoms with Crippen molar-refractivity contribution in [3.05, 3.63) is 23.3 Å². The van der Waals surface area contributed by atoms with Gasteiger partial charge < -0.3 is 0 Å². The quantitative estimate of drug-likeness (QED) is 0.406. The molecule has 4 rings (SSSR count). The Morgan fingerprint density at radius 3 is 2.35 bits per heavy atom. The maximum Gasteiger partial charge on any atom is 0.00506 e. The van der Waals surface area contributed by atoms with Gasteiger partial charge in [-0.3, -0.25) is 0 Å². The van der Waals surface area contributed by atoms with Crippen LogP contribution >= 0.6 is 12.6 Å². The van der Waals surface area contributed by atoms with E-state index < -0.39 is 0 Å². The van der Waals surface area contributed by atoms with Gasteiger partial charge in [0, 0.05) is 5.25 Å². The Bertz CT molecular complexity index is 544. The molecule has 26 heavy (non-hydrogen) atoms. The molecule has 0 aromatic rings. The molecule has 2 fully saturated rings. The first-order chi connectivity index (χ1) is 12.4. The van der Waals surface area contributed by atoms with Crippen LogP contribution in [-0.4, -0.2) is 5.25 Å². The molecule has 150 valence electrons. The summed E-state index contributed by atoms with van der Waals surface area (Å²) in [5.74, 6) is 3.53. The van der Waals surface area contributed by atoms with Crippen molar-refractivity contribution in [3.63, 3.8) is 0 Å². The highest BCUT2D eigenvalue weighted by molar-refractivity contribution is 7.81. The highest BCUT2D eigenvalue weighted by Crippen LogP contribution is 2.66. The van der Waals surface area contributed by atoms with Gasteiger partial charge in [0.15, 0.2) is 0 Å². The molecule has 0 spiro atoms. The minimum absolute atomic E-state index is 0.460. The van der Waals surface area contributed by atoms with Crippen LogP contribution in [0.3, 0.4) is 0 Å². The maximum absolute atomic E-state index is 4.95. The van der Waals surface area contributed by atoms with Crippen LogP contribution in [0.5, 0.6) is 0 Å². The summed E-state index contributed by atoms with van der Waals surface area (Å²) in [6.07, 6.45) is 13.4. The standard InChI is InChI=1S/C21H32S.2C2H6/c1-13-7-9-21(4)15(11-13)5-6-16-17(21)8-10-20(3)14(2)19(22)12-18(16)20;2*1-2/h5,11,14,16-19,22H,6-10,12H2,1-4H3;2*1-2H3. The predicted octanol–water partition coefficient (Wildman–Crippen LogP) is 8.10. The fourth-order valence-corrected chi connectivity index (χ4v) is 7.29. The largest absolute Gasteiger partial charge is 0.176 e. The van der Waals surface area contributed by atoms with Gasteiger partial charge in [-0.05, 0) is 85.5 Å². The van der Waals surface area contributed by atoms with E-state index >= 15 is 0 Å². The molecular weight excluding hydrogens is 332 g/mol. The second kappa shape index (κ2) is 8.46. The number of thiol groups is 1. The van der Waals surface area contributed by atoms with Gasteiger partial charge in [-0.15, -0.1) is 0 Å². The van der Waals surface area contributed by atoms with Crippen molar-refractivity contribution in [2.75, 3.05) is 0 Å². The highest BCUT2D eigenvalue weighted by atomic mass is 32.1. The molecule has 0 radical (unpaired) electrons. The van der Waals surface area contributed by atoms with E-state index in [1.807, 2.05) is 27.7 Å². The van der Waals surface area contributed by atoms with Gasteiger partial charge in [0.05, 0.1) is 0 Å². The molecule has 0 heterocycles. The fourth-order valence-electron chi connectivity index (χ4n) is 6.73. The number of hydrogen-bond donors (Lipinski definition) is 1. The second-order valence-electron chi connectivity index (χ2n) is 9.32. The van der Waals surface area contributed by atoms with Crippen LogP contribution < -0.4 is 0 Å². The molecule has 2 saturated carbocycles. The van der Waals surface area contributed by atoms with E-state index in [0.717, 1.165) is 23.7 Å². The van der Waals surface area contributed by atoms with Crippen LogP contribution in [0.15, 0.2) is 23.3 Å². The van der Waals surface area contributed by atoms with Crippen LogP contribution in [0.25, 0.3) is 0 Å². The fraction of sp³-hybridized carbons (Fsp3) is 0.840. The molecular formula is C25H44S. The number of rotatable bonds is 0. The van der Waals surface area contributed by atoms with E-state index in [1.54, 1.807) is 11.1 Å². The topological polar surface area (TPSA) is 0 Å². The molecule has 7 atom stereocenters. The van der Waals surface area contributed by atoms with E-state index in [1.165, 1.54) is 38.5 Å². The monoisotopic (exact) mass is 376 g/mol. The Morgan fingerprint density at radius 1 is 1.04 bits per heavy atom. The van der Waals surface area contributed by atoms with Gasteiger partial charge in [-0.25, -0.2) is 0 Å². The molecule has 0 bridgehead atoms. The molecule has 0 aliphatic heterocycles. The number of hydrogen-bond acceptors (Lipinski definition) is 1. The summed E-state index contributed by atoms with van der Waals surface area (Å²) >= 11 is 4.95. The van der Waals surface area contributed by atoms with E-state index in [2.05, 4.69) is 39.8 Å². The first-order valence-corrected chi connectivity index (χ1v) is 11.9. The SMILES string of the molecule is CC.CC.CC1=CC2=CCC3C(CCC4(C)C(C)C(S)CC34)C2(C)CC1. The lowest BCUT2D eigenvalue weighted by Gasteiger charge is -2.57. The van der Waals surface area contributed by atoms with Crippen LogP contribution in [0.2, 0.25) is 0 Å². The molecule has 0 amide bonds. The molecule has 7 unspecified atom stereocenters. The maximum atomic E-state index is 4.95. The molecule has 0 aromatic heterocycles. The van der Waals surface area contributed by atoms with Gasteiger partial charge in [0.1, 0.15) is 0 Å². The lowest BCUT2D eigenvalue weighted by molar-refractivity contribution is -0.0328. The van der Waals surface area contributed by atoms with Crippen molar-refractivity contribution < 1.29 is 0 Å². The average molecular weight is 377 g/mol. The molecule has 0 aromatic carbocycles. The zero-order valence-electron chi connectivity index (χ0n) is 18.7. The molecule has 0 nitrogen and oxygen atoms in total. The third kappa shape index (κ3) is 3.36. The summed E-state index contributed by atoms with van der Waals surface area (Å²) < 4.78 is 0. The molecule has 4 aliphatic carbocycles. The Balaban J connectivity index is 0.000000570. The first-order valence-electron chi connectivity index (χ1n) is 11.4. The Labute approximate surface area is 169 Å². The van der Waals surface area contributed by atoms with Crippen LogP contribution in [-0.2, 0) is 0 Å². The minimum atomic E-state index is 0.460. The smallest absolute Gasteiger partial charge is 0.00506 e. The zero-order valence-corrected chi connectivity index (χ0v) is 19.6. The summed E-state index contributed by atoms with van der Waals surface area (Å²) in [7, 11) is 0. The van der Waals surface area contributed by atoms with Gasteiger partial charge in [0.2, 0.25) is 0 Å². The highest BCUT2D eigenvalue weighted by Gasteiger charge is 2.58. The predicted molar refractivity (Wildman–Crippen MR) is 121 cm³/mol. The molecule has 0 saturated heterocycles. The summed E-state index contributed by atoms with van der Waals surface area (Å²) in [6.45, 7) is 17.9. The third-order valence-electron chi connectivity index (χ3n) is 8.52. The molecule has 0 N–H and O–H groups in total. The lowest BCUT2D eigenvalue weighted by Crippen LogP contribution is -2.48. The first kappa shape index (κ1) is 22.1. The summed E-state index contributed by atoms with van der Waals surface area (Å²) in [5.41, 5.74) is 4.28. The van der Waals surface area contributed by atoms with Gasteiger partial charge in [0.25, 0.3) is 0 Å². The second-order valence-corrected chi connectivity index (χ2v) is 9.98. The summed E-state index contributed by atoms with van der Waals surface area (Å²) in [6, 6.07) is 0. The van der Waals surface area contributed by atoms with E-state index in [-0.39, 0.29) is 0 Å². The summed E-state index contributed by atoms with van der Waals surface area (Å²) in [5, 5.41) is 0.625. The van der Waals surface area contributed by atoms with Crippen molar-refractivity contribution in [2.24, 2.45) is 34.5 Å². The number of allylic oxidation sites excluding steroid dienone is 4. The van der Waals surface area contributed by atoms with Crippen molar-refractivity contribution in [2.45, 2.75) is 99.2 Å². The van der Waals surface area contributed by atoms with Crippen LogP contribution in [0, 0.1) is 34.5 Å². The van der Waals surface area contributed by atoms with E-state index in [4.69, 9.17) is 12.6 Å². The van der Waals surface area contributed by atoms with Gasteiger partial charge >= 0.3 is 0 Å². The van der Waals surface area contributed by atoms with Gasteiger partial charge in [-0.1, -0.05) is 66.2 Å². The normalized spacial score (nSPS) is 46.1. The molecule has 1 heteroatoms. The Kier molecular flexibility index (Phi) is 7.20. The Morgan fingerprint density at radius 2 is 1.69 bits per heavy atom. The van der Waals surface area contributed by atoms with Crippen molar-refractivity contribution in [3.8, 4) is 0 Å². The third-order valence-corrected chi connectivity index (χ3v) is 9.17. The van der Waals surface area contributed by atoms with Gasteiger partial charge in [-0.2, -0.15) is 12.6 Å². The number of fused-ring (bicyclic) bond motifs is 5. The van der Waals surface area contributed by atoms with E-state index in [9.17, 15) is 0 Å². The zero-order chi connectivity index (χ0) is 19.7. The molecule has 4 aliphatic rings. The Hall–Kier alpha value is -0.170. The lowest BCUT2D eigenvalue weighted by atomic mass is 9.48. The van der Waals surface area contributed by atoms with Crippen LogP contribution in [0.1, 0.15) is 93.9 Å².